The first-order valence-corrected chi connectivity index (χ1v) is 10.8. The number of imidazole rings is 1. The van der Waals surface area contributed by atoms with E-state index >= 15 is 0 Å². The molecule has 0 atom stereocenters. The van der Waals surface area contributed by atoms with Gasteiger partial charge in [0.05, 0.1) is 16.5 Å². The number of anilines is 1. The Labute approximate surface area is 180 Å². The van der Waals surface area contributed by atoms with E-state index in [0.29, 0.717) is 6.54 Å². The lowest BCUT2D eigenvalue weighted by atomic mass is 10.1. The van der Waals surface area contributed by atoms with Gasteiger partial charge in [0.25, 0.3) is 5.91 Å². The van der Waals surface area contributed by atoms with Gasteiger partial charge in [0, 0.05) is 31.6 Å². The molecule has 0 aliphatic carbocycles. The molecule has 2 heterocycles. The van der Waals surface area contributed by atoms with Crippen molar-refractivity contribution < 1.29 is 4.79 Å². The number of nitrogens with zero attached hydrogens (tertiary/aromatic N) is 4. The molecular formula is C24H24N4OS. The zero-order valence-electron chi connectivity index (χ0n) is 17.2. The number of fused-ring (bicyclic) bond motifs is 1. The first kappa shape index (κ1) is 20.0. The fourth-order valence-electron chi connectivity index (χ4n) is 3.43. The van der Waals surface area contributed by atoms with Gasteiger partial charge in [-0.1, -0.05) is 47.7 Å². The van der Waals surface area contributed by atoms with Crippen LogP contribution in [0.4, 0.5) is 5.13 Å². The van der Waals surface area contributed by atoms with Gasteiger partial charge in [0.1, 0.15) is 0 Å². The number of aromatic nitrogens is 3. The summed E-state index contributed by atoms with van der Waals surface area (Å²) in [7, 11) is 0. The van der Waals surface area contributed by atoms with Crippen molar-refractivity contribution in [2.45, 2.75) is 26.8 Å². The number of amides is 1. The van der Waals surface area contributed by atoms with Crippen LogP contribution in [0.25, 0.3) is 16.3 Å². The van der Waals surface area contributed by atoms with Crippen LogP contribution in [0.2, 0.25) is 0 Å². The molecule has 0 aliphatic rings. The number of hydrogen-bond donors (Lipinski definition) is 0. The summed E-state index contributed by atoms with van der Waals surface area (Å²) in [6, 6.07) is 14.1. The number of carbonyl (C=O) groups excluding carboxylic acids is 1. The molecule has 5 nitrogen and oxygen atoms in total. The molecule has 6 heteroatoms. The number of rotatable bonds is 7. The lowest BCUT2D eigenvalue weighted by Gasteiger charge is -2.18. The Morgan fingerprint density at radius 2 is 2.03 bits per heavy atom. The maximum absolute atomic E-state index is 13.1. The predicted octanol–water partition coefficient (Wildman–Crippen LogP) is 5.25. The number of thiazole rings is 1. The van der Waals surface area contributed by atoms with Crippen molar-refractivity contribution in [1.29, 1.82) is 0 Å². The Morgan fingerprint density at radius 1 is 1.20 bits per heavy atom. The molecule has 2 aromatic carbocycles. The van der Waals surface area contributed by atoms with Crippen LogP contribution in [0, 0.1) is 13.8 Å². The maximum atomic E-state index is 13.1. The van der Waals surface area contributed by atoms with Gasteiger partial charge >= 0.3 is 0 Å². The van der Waals surface area contributed by atoms with Gasteiger partial charge in [0.2, 0.25) is 0 Å². The number of aryl methyl sites for hydroxylation is 3. The molecule has 4 aromatic rings. The van der Waals surface area contributed by atoms with Crippen molar-refractivity contribution in [1.82, 2.24) is 14.5 Å². The van der Waals surface area contributed by atoms with Crippen molar-refractivity contribution >= 4 is 38.7 Å². The molecule has 4 rings (SSSR count). The first-order chi connectivity index (χ1) is 14.6. The van der Waals surface area contributed by atoms with E-state index in [1.807, 2.05) is 47.2 Å². The van der Waals surface area contributed by atoms with Gasteiger partial charge in [-0.3, -0.25) is 9.69 Å². The second-order valence-electron chi connectivity index (χ2n) is 7.31. The van der Waals surface area contributed by atoms with Gasteiger partial charge in [-0.05, 0) is 49.1 Å². The summed E-state index contributed by atoms with van der Waals surface area (Å²) in [6.07, 6.45) is 9.81. The van der Waals surface area contributed by atoms with Crippen molar-refractivity contribution in [3.05, 3.63) is 84.0 Å². The minimum atomic E-state index is -0.0575. The second-order valence-corrected chi connectivity index (χ2v) is 8.29. The van der Waals surface area contributed by atoms with E-state index < -0.39 is 0 Å². The zero-order valence-corrected chi connectivity index (χ0v) is 18.0. The molecule has 0 saturated carbocycles. The van der Waals surface area contributed by atoms with Gasteiger partial charge in [-0.15, -0.1) is 0 Å². The fraction of sp³-hybridized carbons (Fsp3) is 0.208. The number of carbonyl (C=O) groups is 1. The van der Waals surface area contributed by atoms with E-state index in [-0.39, 0.29) is 5.91 Å². The SMILES string of the molecule is Cc1cc(C)c2sc(N(CCCn3ccnc3)C(=O)/C=C/c3ccccc3)nc2c1. The minimum Gasteiger partial charge on any atom is -0.337 e. The first-order valence-electron chi connectivity index (χ1n) is 9.98. The lowest BCUT2D eigenvalue weighted by molar-refractivity contribution is -0.114. The summed E-state index contributed by atoms with van der Waals surface area (Å²) in [5.41, 5.74) is 4.32. The average molecular weight is 417 g/mol. The maximum Gasteiger partial charge on any atom is 0.252 e. The summed E-state index contributed by atoms with van der Waals surface area (Å²) >= 11 is 1.58. The predicted molar refractivity (Wildman–Crippen MR) is 124 cm³/mol. The topological polar surface area (TPSA) is 51.0 Å². The highest BCUT2D eigenvalue weighted by Crippen LogP contribution is 2.32. The fourth-order valence-corrected chi connectivity index (χ4v) is 4.48. The lowest BCUT2D eigenvalue weighted by Crippen LogP contribution is -2.30. The molecule has 152 valence electrons. The number of benzene rings is 2. The second kappa shape index (κ2) is 9.05. The Balaban J connectivity index is 1.60. The van der Waals surface area contributed by atoms with Crippen LogP contribution in [0.5, 0.6) is 0 Å². The Morgan fingerprint density at radius 3 is 2.80 bits per heavy atom. The molecular weight excluding hydrogens is 392 g/mol. The van der Waals surface area contributed by atoms with Gasteiger partial charge in [-0.25, -0.2) is 9.97 Å². The van der Waals surface area contributed by atoms with E-state index in [2.05, 4.69) is 31.0 Å². The molecule has 1 amide bonds. The van der Waals surface area contributed by atoms with Crippen molar-refractivity contribution in [3.63, 3.8) is 0 Å². The molecule has 2 aromatic heterocycles. The molecule has 0 N–H and O–H groups in total. The van der Waals surface area contributed by atoms with Crippen LogP contribution in [0.1, 0.15) is 23.1 Å². The van der Waals surface area contributed by atoms with Gasteiger partial charge in [0.15, 0.2) is 5.13 Å². The number of hydrogen-bond acceptors (Lipinski definition) is 4. The zero-order chi connectivity index (χ0) is 20.9. The summed E-state index contributed by atoms with van der Waals surface area (Å²) in [6.45, 7) is 5.56. The average Bonchev–Trinajstić information content (AvgIpc) is 3.40. The standard InChI is InChI=1S/C24H24N4OS/c1-18-15-19(2)23-21(16-18)26-24(30-23)28(13-6-12-27-14-11-25-17-27)22(29)10-9-20-7-4-3-5-8-20/h3-5,7-11,14-17H,6,12-13H2,1-2H3/b10-9+. The summed E-state index contributed by atoms with van der Waals surface area (Å²) in [5, 5.41) is 0.743. The molecule has 0 spiro atoms. The van der Waals surface area contributed by atoms with Crippen molar-refractivity contribution in [2.24, 2.45) is 0 Å². The van der Waals surface area contributed by atoms with Crippen molar-refractivity contribution in [3.8, 4) is 0 Å². The minimum absolute atomic E-state index is 0.0575. The van der Waals surface area contributed by atoms with E-state index in [4.69, 9.17) is 4.98 Å². The molecule has 0 fully saturated rings. The normalized spacial score (nSPS) is 11.4. The largest absolute Gasteiger partial charge is 0.337 e. The van der Waals surface area contributed by atoms with Gasteiger partial charge < -0.3 is 4.57 Å². The quantitative estimate of drug-likeness (QED) is 0.387. The highest BCUT2D eigenvalue weighted by molar-refractivity contribution is 7.22. The molecule has 30 heavy (non-hydrogen) atoms. The molecule has 0 bridgehead atoms. The van der Waals surface area contributed by atoms with E-state index in [0.717, 1.165) is 33.9 Å². The van der Waals surface area contributed by atoms with E-state index in [1.165, 1.54) is 11.1 Å². The summed E-state index contributed by atoms with van der Waals surface area (Å²) in [5.74, 6) is -0.0575. The third kappa shape index (κ3) is 4.66. The molecule has 0 radical (unpaired) electrons. The van der Waals surface area contributed by atoms with Gasteiger partial charge in [-0.2, -0.15) is 0 Å². The summed E-state index contributed by atoms with van der Waals surface area (Å²) in [4.78, 5) is 23.8. The Bertz CT molecular complexity index is 1160. The smallest absolute Gasteiger partial charge is 0.252 e. The third-order valence-electron chi connectivity index (χ3n) is 4.88. The Kier molecular flexibility index (Phi) is 6.05. The third-order valence-corrected chi connectivity index (χ3v) is 6.11. The van der Waals surface area contributed by atoms with Crippen LogP contribution >= 0.6 is 11.3 Å². The highest BCUT2D eigenvalue weighted by atomic mass is 32.1. The van der Waals surface area contributed by atoms with E-state index in [1.54, 1.807) is 34.8 Å². The molecule has 0 saturated heterocycles. The Hall–Kier alpha value is -3.25. The summed E-state index contributed by atoms with van der Waals surface area (Å²) < 4.78 is 3.16. The van der Waals surface area contributed by atoms with E-state index in [9.17, 15) is 4.79 Å². The molecule has 0 aliphatic heterocycles. The monoisotopic (exact) mass is 416 g/mol. The van der Waals surface area contributed by atoms with Crippen LogP contribution in [0.3, 0.4) is 0 Å². The van der Waals surface area contributed by atoms with Crippen LogP contribution in [-0.4, -0.2) is 27.0 Å². The molecule has 0 unspecified atom stereocenters. The van der Waals surface area contributed by atoms with Crippen LogP contribution in [-0.2, 0) is 11.3 Å². The van der Waals surface area contributed by atoms with Crippen LogP contribution in [0.15, 0.2) is 67.3 Å². The van der Waals surface area contributed by atoms with Crippen LogP contribution < -0.4 is 4.90 Å². The van der Waals surface area contributed by atoms with Crippen molar-refractivity contribution in [2.75, 3.05) is 11.4 Å². The highest BCUT2D eigenvalue weighted by Gasteiger charge is 2.18.